The molecule has 1 N–H and O–H groups in total. The van der Waals surface area contributed by atoms with E-state index in [0.717, 1.165) is 11.5 Å². The second-order valence-corrected chi connectivity index (χ2v) is 11.4. The van der Waals surface area contributed by atoms with E-state index >= 15 is 0 Å². The number of carbonyl (C=O) groups excluding carboxylic acids is 1. The Balaban J connectivity index is 1.38. The van der Waals surface area contributed by atoms with Gasteiger partial charge in [0.1, 0.15) is 4.90 Å². The maximum absolute atomic E-state index is 13.4. The first-order valence-corrected chi connectivity index (χ1v) is 12.9. The lowest BCUT2D eigenvalue weighted by molar-refractivity contribution is 0.0915. The van der Waals surface area contributed by atoms with Crippen molar-refractivity contribution in [3.05, 3.63) is 58.6 Å². The van der Waals surface area contributed by atoms with E-state index < -0.39 is 10.0 Å². The second kappa shape index (κ2) is 7.82. The number of para-hydroxylation sites is 1. The summed E-state index contributed by atoms with van der Waals surface area (Å²) in [7, 11) is -3.87. The Labute approximate surface area is 188 Å². The smallest absolute Gasteiger partial charge is 0.265 e. The van der Waals surface area contributed by atoms with Crippen LogP contribution in [0.25, 0.3) is 0 Å². The van der Waals surface area contributed by atoms with Crippen molar-refractivity contribution in [2.75, 3.05) is 10.8 Å². The SMILES string of the molecule is CC(NC(=O)c1ccc(Cl)c(S(=O)(=O)N2CCc3ccccc32)c1)C1CC2CCC1C2. The van der Waals surface area contributed by atoms with Gasteiger partial charge in [-0.25, -0.2) is 8.42 Å². The Morgan fingerprint density at radius 3 is 2.71 bits per heavy atom. The molecule has 4 unspecified atom stereocenters. The summed E-state index contributed by atoms with van der Waals surface area (Å²) in [6, 6.07) is 12.1. The molecule has 2 saturated carbocycles. The zero-order chi connectivity index (χ0) is 21.8. The van der Waals surface area contributed by atoms with Crippen molar-refractivity contribution < 1.29 is 13.2 Å². The Kier molecular flexibility index (Phi) is 5.25. The van der Waals surface area contributed by atoms with Gasteiger partial charge < -0.3 is 5.32 Å². The molecule has 4 atom stereocenters. The van der Waals surface area contributed by atoms with Gasteiger partial charge in [-0.05, 0) is 80.2 Å². The number of nitrogens with zero attached hydrogens (tertiary/aromatic N) is 1. The fourth-order valence-electron chi connectivity index (χ4n) is 5.82. The van der Waals surface area contributed by atoms with Crippen LogP contribution in [0, 0.1) is 17.8 Å². The normalized spacial score (nSPS) is 25.5. The molecule has 2 bridgehead atoms. The van der Waals surface area contributed by atoms with Crippen LogP contribution in [0.3, 0.4) is 0 Å². The summed E-state index contributed by atoms with van der Waals surface area (Å²) in [5, 5.41) is 3.24. The summed E-state index contributed by atoms with van der Waals surface area (Å²) in [4.78, 5) is 12.9. The van der Waals surface area contributed by atoms with E-state index in [2.05, 4.69) is 12.2 Å². The van der Waals surface area contributed by atoms with Gasteiger partial charge in [0.2, 0.25) is 0 Å². The minimum Gasteiger partial charge on any atom is -0.349 e. The molecule has 2 aliphatic carbocycles. The fourth-order valence-corrected chi connectivity index (χ4v) is 7.83. The Bertz CT molecular complexity index is 1130. The highest BCUT2D eigenvalue weighted by Gasteiger charge is 2.42. The van der Waals surface area contributed by atoms with Crippen molar-refractivity contribution in [1.82, 2.24) is 5.32 Å². The van der Waals surface area contributed by atoms with E-state index in [1.165, 1.54) is 42.1 Å². The third kappa shape index (κ3) is 3.64. The van der Waals surface area contributed by atoms with Gasteiger partial charge in [-0.1, -0.05) is 36.2 Å². The number of amides is 1. The molecule has 3 aliphatic rings. The van der Waals surface area contributed by atoms with E-state index in [1.807, 2.05) is 18.2 Å². The first-order valence-electron chi connectivity index (χ1n) is 11.1. The summed E-state index contributed by atoms with van der Waals surface area (Å²) >= 11 is 6.31. The van der Waals surface area contributed by atoms with Crippen LogP contribution < -0.4 is 9.62 Å². The quantitative estimate of drug-likeness (QED) is 0.709. The summed E-state index contributed by atoms with van der Waals surface area (Å²) < 4.78 is 28.2. The molecule has 2 aromatic rings. The maximum Gasteiger partial charge on any atom is 0.265 e. The first-order chi connectivity index (χ1) is 14.8. The molecule has 0 aromatic heterocycles. The third-order valence-electron chi connectivity index (χ3n) is 7.40. The van der Waals surface area contributed by atoms with Crippen LogP contribution in [-0.4, -0.2) is 26.9 Å². The molecule has 31 heavy (non-hydrogen) atoms. The van der Waals surface area contributed by atoms with E-state index in [9.17, 15) is 13.2 Å². The van der Waals surface area contributed by atoms with Crippen LogP contribution in [0.15, 0.2) is 47.4 Å². The number of halogens is 1. The van der Waals surface area contributed by atoms with Gasteiger partial charge >= 0.3 is 0 Å². The predicted molar refractivity (Wildman–Crippen MR) is 122 cm³/mol. The maximum atomic E-state index is 13.4. The molecule has 1 heterocycles. The Morgan fingerprint density at radius 2 is 1.97 bits per heavy atom. The molecule has 1 aliphatic heterocycles. The molecule has 0 radical (unpaired) electrons. The van der Waals surface area contributed by atoms with Crippen LogP contribution in [0.5, 0.6) is 0 Å². The van der Waals surface area contributed by atoms with Crippen molar-refractivity contribution in [3.8, 4) is 0 Å². The van der Waals surface area contributed by atoms with Crippen molar-refractivity contribution >= 4 is 33.2 Å². The number of carbonyl (C=O) groups is 1. The second-order valence-electron chi connectivity index (χ2n) is 9.20. The van der Waals surface area contributed by atoms with Crippen LogP contribution in [0.2, 0.25) is 5.02 Å². The highest BCUT2D eigenvalue weighted by molar-refractivity contribution is 7.93. The zero-order valence-electron chi connectivity index (χ0n) is 17.6. The van der Waals surface area contributed by atoms with Crippen molar-refractivity contribution in [1.29, 1.82) is 0 Å². The summed E-state index contributed by atoms with van der Waals surface area (Å²) in [5.41, 5.74) is 2.00. The molecule has 0 saturated heterocycles. The van der Waals surface area contributed by atoms with Gasteiger partial charge in [0.15, 0.2) is 0 Å². The van der Waals surface area contributed by atoms with Gasteiger partial charge in [-0.15, -0.1) is 0 Å². The largest absolute Gasteiger partial charge is 0.349 e. The van der Waals surface area contributed by atoms with Crippen molar-refractivity contribution in [2.24, 2.45) is 17.8 Å². The number of hydrogen-bond acceptors (Lipinski definition) is 3. The lowest BCUT2D eigenvalue weighted by Gasteiger charge is -2.28. The van der Waals surface area contributed by atoms with E-state index in [1.54, 1.807) is 12.1 Å². The van der Waals surface area contributed by atoms with E-state index in [-0.39, 0.29) is 21.9 Å². The van der Waals surface area contributed by atoms with Crippen LogP contribution >= 0.6 is 11.6 Å². The third-order valence-corrected chi connectivity index (χ3v) is 9.69. The number of sulfonamides is 1. The molecule has 5 rings (SSSR count). The minimum atomic E-state index is -3.87. The lowest BCUT2D eigenvalue weighted by Crippen LogP contribution is -2.40. The minimum absolute atomic E-state index is 0.0221. The van der Waals surface area contributed by atoms with Gasteiger partial charge in [-0.3, -0.25) is 9.10 Å². The van der Waals surface area contributed by atoms with Crippen LogP contribution in [0.4, 0.5) is 5.69 Å². The monoisotopic (exact) mass is 458 g/mol. The van der Waals surface area contributed by atoms with Crippen molar-refractivity contribution in [3.63, 3.8) is 0 Å². The average molecular weight is 459 g/mol. The van der Waals surface area contributed by atoms with Gasteiger partial charge in [0.05, 0.1) is 10.7 Å². The Morgan fingerprint density at radius 1 is 1.16 bits per heavy atom. The highest BCUT2D eigenvalue weighted by atomic mass is 35.5. The topological polar surface area (TPSA) is 66.5 Å². The van der Waals surface area contributed by atoms with Crippen LogP contribution in [0.1, 0.15) is 48.5 Å². The summed E-state index contributed by atoms with van der Waals surface area (Å²) in [5.74, 6) is 1.78. The van der Waals surface area contributed by atoms with Gasteiger partial charge in [0.25, 0.3) is 15.9 Å². The highest BCUT2D eigenvalue weighted by Crippen LogP contribution is 2.49. The molecule has 2 fully saturated rings. The molecule has 1 amide bonds. The molecular formula is C24H27ClN2O3S. The van der Waals surface area contributed by atoms with Gasteiger partial charge in [-0.2, -0.15) is 0 Å². The number of benzene rings is 2. The number of rotatable bonds is 5. The fraction of sp³-hybridized carbons (Fsp3) is 0.458. The number of nitrogens with one attached hydrogen (secondary N) is 1. The Hall–Kier alpha value is -2.05. The van der Waals surface area contributed by atoms with Crippen LogP contribution in [-0.2, 0) is 16.4 Å². The number of hydrogen-bond donors (Lipinski definition) is 1. The molecule has 7 heteroatoms. The average Bonchev–Trinajstić information content (AvgIpc) is 3.49. The zero-order valence-corrected chi connectivity index (χ0v) is 19.1. The molecular weight excluding hydrogens is 432 g/mol. The number of anilines is 1. The van der Waals surface area contributed by atoms with E-state index in [4.69, 9.17) is 11.6 Å². The molecule has 164 valence electrons. The summed E-state index contributed by atoms with van der Waals surface area (Å²) in [6.45, 7) is 2.44. The van der Waals surface area contributed by atoms with Gasteiger partial charge in [0, 0.05) is 18.2 Å². The molecule has 2 aromatic carbocycles. The van der Waals surface area contributed by atoms with E-state index in [0.29, 0.717) is 36.1 Å². The standard InChI is InChI=1S/C24H27ClN2O3S/c1-15(20-13-16-6-7-18(20)12-16)26-24(28)19-8-9-21(25)23(14-19)31(29,30)27-11-10-17-4-2-3-5-22(17)27/h2-5,8-9,14-16,18,20H,6-7,10-13H2,1H3,(H,26,28). The first kappa shape index (κ1) is 20.8. The lowest BCUT2D eigenvalue weighted by atomic mass is 9.84. The molecule has 5 nitrogen and oxygen atoms in total. The molecule has 0 spiro atoms. The predicted octanol–water partition coefficient (Wildman–Crippen LogP) is 4.65. The summed E-state index contributed by atoms with van der Waals surface area (Å²) in [6.07, 6.45) is 5.70. The number of fused-ring (bicyclic) bond motifs is 3. The van der Waals surface area contributed by atoms with Crippen molar-refractivity contribution in [2.45, 2.75) is 50.0 Å².